The van der Waals surface area contributed by atoms with E-state index in [4.69, 9.17) is 4.74 Å². The number of fused-ring (bicyclic) bond motifs is 1. The number of nitriles is 1. The summed E-state index contributed by atoms with van der Waals surface area (Å²) in [6, 6.07) is 2.33. The summed E-state index contributed by atoms with van der Waals surface area (Å²) in [4.78, 5) is 24.5. The van der Waals surface area contributed by atoms with E-state index in [0.29, 0.717) is 24.6 Å². The van der Waals surface area contributed by atoms with Crippen LogP contribution in [-0.2, 0) is 9.53 Å². The Morgan fingerprint density at radius 3 is 2.88 bits per heavy atom. The lowest BCUT2D eigenvalue weighted by Gasteiger charge is -2.28. The van der Waals surface area contributed by atoms with Gasteiger partial charge in [-0.15, -0.1) is 0 Å². The number of ether oxygens (including phenoxy) is 1. The second-order valence-corrected chi connectivity index (χ2v) is 10.1. The van der Waals surface area contributed by atoms with Gasteiger partial charge in [0.2, 0.25) is 5.91 Å². The third kappa shape index (κ3) is 4.90. The number of rotatable bonds is 6. The zero-order valence-corrected chi connectivity index (χ0v) is 20.0. The van der Waals surface area contributed by atoms with Crippen molar-refractivity contribution in [2.24, 2.45) is 5.41 Å². The molecule has 0 aromatic carbocycles. The van der Waals surface area contributed by atoms with Gasteiger partial charge in [0.15, 0.2) is 0 Å². The van der Waals surface area contributed by atoms with Gasteiger partial charge in [-0.2, -0.15) is 5.26 Å². The normalized spacial score (nSPS) is 21.2. The highest BCUT2D eigenvalue weighted by molar-refractivity contribution is 5.96. The molecule has 2 aliphatic rings. The Kier molecular flexibility index (Phi) is 6.73. The molecule has 2 aromatic rings. The van der Waals surface area contributed by atoms with Crippen LogP contribution in [0.5, 0.6) is 0 Å². The van der Waals surface area contributed by atoms with E-state index in [0.717, 1.165) is 49.3 Å². The molecule has 0 spiro atoms. The molecule has 0 aliphatic carbocycles. The molecule has 4 heterocycles. The van der Waals surface area contributed by atoms with Crippen molar-refractivity contribution in [3.63, 3.8) is 0 Å². The van der Waals surface area contributed by atoms with E-state index >= 15 is 0 Å². The maximum atomic E-state index is 12.8. The minimum atomic E-state index is -0.150. The fourth-order valence-corrected chi connectivity index (χ4v) is 4.87. The fraction of sp³-hybridized carbons (Fsp3) is 0.560. The van der Waals surface area contributed by atoms with Crippen molar-refractivity contribution in [1.82, 2.24) is 19.8 Å². The van der Waals surface area contributed by atoms with Gasteiger partial charge in [-0.05, 0) is 38.4 Å². The number of hydrogen-bond acceptors (Lipinski definition) is 6. The number of amides is 1. The van der Waals surface area contributed by atoms with E-state index in [-0.39, 0.29) is 17.4 Å². The number of carbonyl (C=O) groups excluding carboxylic acids is 1. The SMILES string of the molecule is CN(C)C/C=C/C(=O)N1C[C@H](Nc2c(C#N)cnc3[nH]cc(C4CCOCC4)c23)C(C)(C)C1. The van der Waals surface area contributed by atoms with Crippen molar-refractivity contribution in [3.05, 3.63) is 35.7 Å². The second-order valence-electron chi connectivity index (χ2n) is 10.1. The number of anilines is 1. The van der Waals surface area contributed by atoms with Crippen LogP contribution in [0.1, 0.15) is 43.7 Å². The van der Waals surface area contributed by atoms with Crippen LogP contribution < -0.4 is 5.32 Å². The predicted molar refractivity (Wildman–Crippen MR) is 129 cm³/mol. The number of likely N-dealkylation sites (N-methyl/N-ethyl adjacent to an activating group) is 1. The van der Waals surface area contributed by atoms with Crippen molar-refractivity contribution in [1.29, 1.82) is 5.26 Å². The molecule has 33 heavy (non-hydrogen) atoms. The van der Waals surface area contributed by atoms with Gasteiger partial charge in [0.05, 0.1) is 17.3 Å². The summed E-state index contributed by atoms with van der Waals surface area (Å²) in [6.07, 6.45) is 9.14. The number of pyridine rings is 1. The summed E-state index contributed by atoms with van der Waals surface area (Å²) in [5.41, 5.74) is 3.18. The van der Waals surface area contributed by atoms with Crippen LogP contribution in [0.4, 0.5) is 5.69 Å². The average Bonchev–Trinajstić information content (AvgIpc) is 3.35. The third-order valence-electron chi connectivity index (χ3n) is 6.82. The number of likely N-dealkylation sites (tertiary alicyclic amines) is 1. The maximum Gasteiger partial charge on any atom is 0.246 e. The summed E-state index contributed by atoms with van der Waals surface area (Å²) < 4.78 is 5.56. The molecule has 1 atom stereocenters. The quantitative estimate of drug-likeness (QED) is 0.657. The van der Waals surface area contributed by atoms with Crippen LogP contribution in [0.2, 0.25) is 0 Å². The van der Waals surface area contributed by atoms with Crippen molar-refractivity contribution in [3.8, 4) is 6.07 Å². The maximum absolute atomic E-state index is 12.8. The first-order valence-electron chi connectivity index (χ1n) is 11.6. The summed E-state index contributed by atoms with van der Waals surface area (Å²) in [7, 11) is 3.96. The van der Waals surface area contributed by atoms with Crippen LogP contribution in [0, 0.1) is 16.7 Å². The Labute approximate surface area is 195 Å². The first-order chi connectivity index (χ1) is 15.8. The average molecular weight is 451 g/mol. The van der Waals surface area contributed by atoms with Crippen LogP contribution in [0.25, 0.3) is 11.0 Å². The molecule has 2 aromatic heterocycles. The minimum absolute atomic E-state index is 0.0128. The molecule has 0 radical (unpaired) electrons. The van der Waals surface area contributed by atoms with Gasteiger partial charge in [0, 0.05) is 62.1 Å². The molecule has 8 heteroatoms. The number of hydrogen-bond donors (Lipinski definition) is 2. The molecule has 0 bridgehead atoms. The monoisotopic (exact) mass is 450 g/mol. The first kappa shape index (κ1) is 23.3. The molecule has 8 nitrogen and oxygen atoms in total. The summed E-state index contributed by atoms with van der Waals surface area (Å²) in [5, 5.41) is 14.5. The van der Waals surface area contributed by atoms with Crippen LogP contribution >= 0.6 is 0 Å². The van der Waals surface area contributed by atoms with E-state index in [1.54, 1.807) is 12.3 Å². The summed E-state index contributed by atoms with van der Waals surface area (Å²) in [5.74, 6) is 0.402. The van der Waals surface area contributed by atoms with Gasteiger partial charge in [-0.25, -0.2) is 4.98 Å². The molecule has 2 N–H and O–H groups in total. The molecule has 2 aliphatic heterocycles. The molecule has 176 valence electrons. The van der Waals surface area contributed by atoms with Crippen molar-refractivity contribution in [2.45, 2.75) is 38.6 Å². The lowest BCUT2D eigenvalue weighted by Crippen LogP contribution is -2.35. The van der Waals surface area contributed by atoms with Gasteiger partial charge in [-0.3, -0.25) is 4.79 Å². The largest absolute Gasteiger partial charge is 0.381 e. The van der Waals surface area contributed by atoms with Crippen molar-refractivity contribution >= 4 is 22.6 Å². The van der Waals surface area contributed by atoms with Gasteiger partial charge in [0.1, 0.15) is 11.7 Å². The van der Waals surface area contributed by atoms with Crippen LogP contribution in [0.3, 0.4) is 0 Å². The Hall–Kier alpha value is -2.89. The van der Waals surface area contributed by atoms with Crippen LogP contribution in [0.15, 0.2) is 24.5 Å². The zero-order valence-electron chi connectivity index (χ0n) is 20.0. The number of nitrogens with one attached hydrogen (secondary N) is 2. The Morgan fingerprint density at radius 2 is 2.18 bits per heavy atom. The minimum Gasteiger partial charge on any atom is -0.381 e. The summed E-state index contributed by atoms with van der Waals surface area (Å²) >= 11 is 0. The number of aromatic amines is 1. The smallest absolute Gasteiger partial charge is 0.246 e. The molecule has 2 fully saturated rings. The number of carbonyl (C=O) groups is 1. The topological polar surface area (TPSA) is 97.3 Å². The van der Waals surface area contributed by atoms with E-state index < -0.39 is 0 Å². The highest BCUT2D eigenvalue weighted by Crippen LogP contribution is 2.39. The predicted octanol–water partition coefficient (Wildman–Crippen LogP) is 3.10. The van der Waals surface area contributed by atoms with Crippen molar-refractivity contribution in [2.75, 3.05) is 52.3 Å². The number of aromatic nitrogens is 2. The summed E-state index contributed by atoms with van der Waals surface area (Å²) in [6.45, 7) is 7.81. The first-order valence-corrected chi connectivity index (χ1v) is 11.6. The molecule has 0 saturated carbocycles. The molecular weight excluding hydrogens is 416 g/mol. The Bertz CT molecular complexity index is 1070. The number of H-pyrrole nitrogens is 1. The van der Waals surface area contributed by atoms with Crippen LogP contribution in [-0.4, -0.2) is 78.7 Å². The fourth-order valence-electron chi connectivity index (χ4n) is 4.87. The Morgan fingerprint density at radius 1 is 1.42 bits per heavy atom. The second kappa shape index (κ2) is 9.54. The molecule has 2 saturated heterocycles. The van der Waals surface area contributed by atoms with Gasteiger partial charge < -0.3 is 24.8 Å². The number of nitrogens with zero attached hydrogens (tertiary/aromatic N) is 4. The third-order valence-corrected chi connectivity index (χ3v) is 6.82. The van der Waals surface area contributed by atoms with E-state index in [1.165, 1.54) is 5.56 Å². The lowest BCUT2D eigenvalue weighted by molar-refractivity contribution is -0.125. The molecule has 1 amide bonds. The van der Waals surface area contributed by atoms with Gasteiger partial charge in [-0.1, -0.05) is 19.9 Å². The van der Waals surface area contributed by atoms with E-state index in [9.17, 15) is 10.1 Å². The lowest BCUT2D eigenvalue weighted by atomic mass is 9.87. The van der Waals surface area contributed by atoms with E-state index in [2.05, 4.69) is 35.2 Å². The Balaban J connectivity index is 1.62. The molecular formula is C25H34N6O2. The highest BCUT2D eigenvalue weighted by atomic mass is 16.5. The van der Waals surface area contributed by atoms with Gasteiger partial charge in [0.25, 0.3) is 0 Å². The van der Waals surface area contributed by atoms with Gasteiger partial charge >= 0.3 is 0 Å². The standard InChI is InChI=1S/C25H34N6O2/c1-25(2)16-31(21(32)6-5-9-30(3)4)15-20(25)29-23-18(12-26)13-27-24-22(23)19(14-28-24)17-7-10-33-11-8-17/h5-6,13-14,17,20H,7-11,15-16H2,1-4H3,(H2,27,28,29)/b6-5+/t20-/m0/s1. The zero-order chi connectivity index (χ0) is 23.6. The molecule has 0 unspecified atom stereocenters. The van der Waals surface area contributed by atoms with Crippen molar-refractivity contribution < 1.29 is 9.53 Å². The molecule has 4 rings (SSSR count). The highest BCUT2D eigenvalue weighted by Gasteiger charge is 2.41. The van der Waals surface area contributed by atoms with E-state index in [1.807, 2.05) is 36.2 Å².